The van der Waals surface area contributed by atoms with Crippen molar-refractivity contribution in [2.75, 3.05) is 19.6 Å². The smallest absolute Gasteiger partial charge is 0.220 e. The summed E-state index contributed by atoms with van der Waals surface area (Å²) in [5.41, 5.74) is 3.89. The molecule has 2 aromatic carbocycles. The third kappa shape index (κ3) is 5.43. The van der Waals surface area contributed by atoms with Gasteiger partial charge in [-0.25, -0.2) is 0 Å². The van der Waals surface area contributed by atoms with Crippen molar-refractivity contribution in [2.24, 2.45) is 0 Å². The number of hydrogen-bond donors (Lipinski definition) is 1. The summed E-state index contributed by atoms with van der Waals surface area (Å²) < 4.78 is 0. The first-order valence-electron chi connectivity index (χ1n) is 9.83. The summed E-state index contributed by atoms with van der Waals surface area (Å²) in [6, 6.07) is 19.4. The minimum atomic E-state index is 0.164. The van der Waals surface area contributed by atoms with Gasteiger partial charge in [0.2, 0.25) is 5.91 Å². The first-order valence-corrected chi connectivity index (χ1v) is 9.83. The van der Waals surface area contributed by atoms with Crippen molar-refractivity contribution in [1.82, 2.24) is 10.2 Å². The first-order chi connectivity index (χ1) is 12.7. The maximum atomic E-state index is 12.3. The Bertz CT molecular complexity index is 675. The number of carbonyl (C=O) groups is 1. The molecule has 0 spiro atoms. The maximum absolute atomic E-state index is 12.3. The Morgan fingerprint density at radius 2 is 1.73 bits per heavy atom. The first kappa shape index (κ1) is 18.7. The van der Waals surface area contributed by atoms with E-state index < -0.39 is 0 Å². The fraction of sp³-hybridized carbons (Fsp3) is 0.435. The normalized spacial score (nSPS) is 15.7. The third-order valence-electron chi connectivity index (χ3n) is 5.25. The standard InChI is InChI=1S/C23H30N2O/c1-19-12-14-20(15-13-19)8-7-11-23(26)24-18-22(25-16-5-6-17-25)21-9-3-2-4-10-21/h2-4,9-10,12-15,22H,5-8,11,16-18H2,1H3,(H,24,26). The molecule has 1 saturated heterocycles. The molecule has 1 atom stereocenters. The zero-order valence-electron chi connectivity index (χ0n) is 15.8. The van der Waals surface area contributed by atoms with Crippen molar-refractivity contribution in [3.8, 4) is 0 Å². The molecule has 1 N–H and O–H groups in total. The number of nitrogens with one attached hydrogen (secondary N) is 1. The fourth-order valence-corrected chi connectivity index (χ4v) is 3.69. The molecule has 3 heteroatoms. The molecule has 2 aromatic rings. The average Bonchev–Trinajstić information content (AvgIpc) is 3.19. The molecular weight excluding hydrogens is 320 g/mol. The maximum Gasteiger partial charge on any atom is 0.220 e. The van der Waals surface area contributed by atoms with E-state index in [1.54, 1.807) is 0 Å². The number of amides is 1. The van der Waals surface area contributed by atoms with Crippen molar-refractivity contribution in [1.29, 1.82) is 0 Å². The van der Waals surface area contributed by atoms with Crippen molar-refractivity contribution >= 4 is 5.91 Å². The van der Waals surface area contributed by atoms with Gasteiger partial charge in [-0.1, -0.05) is 60.2 Å². The Morgan fingerprint density at radius 1 is 1.04 bits per heavy atom. The zero-order valence-corrected chi connectivity index (χ0v) is 15.8. The van der Waals surface area contributed by atoms with Gasteiger partial charge in [0.1, 0.15) is 0 Å². The Balaban J connectivity index is 1.47. The van der Waals surface area contributed by atoms with Crippen LogP contribution < -0.4 is 5.32 Å². The lowest BCUT2D eigenvalue weighted by Crippen LogP contribution is -2.36. The number of rotatable bonds is 8. The number of likely N-dealkylation sites (tertiary alicyclic amines) is 1. The number of hydrogen-bond acceptors (Lipinski definition) is 2. The zero-order chi connectivity index (χ0) is 18.2. The van der Waals surface area contributed by atoms with Crippen molar-refractivity contribution < 1.29 is 4.79 Å². The molecule has 138 valence electrons. The van der Waals surface area contributed by atoms with Crippen LogP contribution in [0.2, 0.25) is 0 Å². The van der Waals surface area contributed by atoms with Gasteiger partial charge in [-0.3, -0.25) is 9.69 Å². The van der Waals surface area contributed by atoms with Gasteiger partial charge in [0.15, 0.2) is 0 Å². The Kier molecular flexibility index (Phi) is 6.84. The molecule has 1 heterocycles. The lowest BCUT2D eigenvalue weighted by molar-refractivity contribution is -0.121. The van der Waals surface area contributed by atoms with Crippen molar-refractivity contribution in [3.05, 3.63) is 71.3 Å². The van der Waals surface area contributed by atoms with E-state index in [9.17, 15) is 4.79 Å². The molecular formula is C23H30N2O. The monoisotopic (exact) mass is 350 g/mol. The van der Waals surface area contributed by atoms with Gasteiger partial charge in [-0.15, -0.1) is 0 Å². The van der Waals surface area contributed by atoms with E-state index in [2.05, 4.69) is 65.7 Å². The molecule has 1 fully saturated rings. The molecule has 3 nitrogen and oxygen atoms in total. The molecule has 1 unspecified atom stereocenters. The van der Waals surface area contributed by atoms with E-state index in [4.69, 9.17) is 0 Å². The van der Waals surface area contributed by atoms with Crippen LogP contribution in [0, 0.1) is 6.92 Å². The van der Waals surface area contributed by atoms with Gasteiger partial charge in [0.25, 0.3) is 0 Å². The number of aryl methyl sites for hydroxylation is 2. The summed E-state index contributed by atoms with van der Waals surface area (Å²) in [5.74, 6) is 0.164. The van der Waals surface area contributed by atoms with Gasteiger partial charge in [0.05, 0.1) is 6.04 Å². The number of nitrogens with zero attached hydrogens (tertiary/aromatic N) is 1. The van der Waals surface area contributed by atoms with Crippen LogP contribution in [0.5, 0.6) is 0 Å². The molecule has 0 bridgehead atoms. The van der Waals surface area contributed by atoms with Gasteiger partial charge >= 0.3 is 0 Å². The van der Waals surface area contributed by atoms with Crippen molar-refractivity contribution in [2.45, 2.75) is 45.1 Å². The highest BCUT2D eigenvalue weighted by molar-refractivity contribution is 5.75. The quantitative estimate of drug-likeness (QED) is 0.771. The summed E-state index contributed by atoms with van der Waals surface area (Å²) in [6.45, 7) is 5.06. The molecule has 1 aliphatic heterocycles. The fourth-order valence-electron chi connectivity index (χ4n) is 3.69. The van der Waals surface area contributed by atoms with E-state index in [1.165, 1.54) is 29.5 Å². The highest BCUT2D eigenvalue weighted by Gasteiger charge is 2.23. The molecule has 0 aromatic heterocycles. The van der Waals surface area contributed by atoms with E-state index in [1.807, 2.05) is 6.07 Å². The number of benzene rings is 2. The minimum absolute atomic E-state index is 0.164. The van der Waals surface area contributed by atoms with E-state index in [0.29, 0.717) is 19.0 Å². The van der Waals surface area contributed by atoms with E-state index in [0.717, 1.165) is 25.9 Å². The summed E-state index contributed by atoms with van der Waals surface area (Å²) in [4.78, 5) is 14.8. The topological polar surface area (TPSA) is 32.3 Å². The Hall–Kier alpha value is -2.13. The summed E-state index contributed by atoms with van der Waals surface area (Å²) in [6.07, 6.45) is 4.97. The summed E-state index contributed by atoms with van der Waals surface area (Å²) >= 11 is 0. The summed E-state index contributed by atoms with van der Waals surface area (Å²) in [5, 5.41) is 3.17. The Morgan fingerprint density at radius 3 is 2.42 bits per heavy atom. The lowest BCUT2D eigenvalue weighted by Gasteiger charge is -2.28. The van der Waals surface area contributed by atoms with Gasteiger partial charge in [0, 0.05) is 13.0 Å². The van der Waals surface area contributed by atoms with Crippen LogP contribution in [-0.4, -0.2) is 30.4 Å². The lowest BCUT2D eigenvalue weighted by atomic mass is 10.0. The molecule has 26 heavy (non-hydrogen) atoms. The second-order valence-corrected chi connectivity index (χ2v) is 7.31. The predicted octanol–water partition coefficient (Wildman–Crippen LogP) is 4.27. The molecule has 0 radical (unpaired) electrons. The van der Waals surface area contributed by atoms with Crippen LogP contribution in [0.1, 0.15) is 48.4 Å². The van der Waals surface area contributed by atoms with Crippen LogP contribution in [0.25, 0.3) is 0 Å². The molecule has 0 aliphatic carbocycles. The van der Waals surface area contributed by atoms with Crippen LogP contribution in [-0.2, 0) is 11.2 Å². The molecule has 1 aliphatic rings. The van der Waals surface area contributed by atoms with Crippen molar-refractivity contribution in [3.63, 3.8) is 0 Å². The van der Waals surface area contributed by atoms with Gasteiger partial charge in [-0.2, -0.15) is 0 Å². The molecule has 0 saturated carbocycles. The van der Waals surface area contributed by atoms with Crippen LogP contribution in [0.15, 0.2) is 54.6 Å². The van der Waals surface area contributed by atoms with Crippen LogP contribution in [0.3, 0.4) is 0 Å². The Labute approximate surface area is 157 Å². The molecule has 1 amide bonds. The number of carbonyl (C=O) groups excluding carboxylic acids is 1. The van der Waals surface area contributed by atoms with E-state index >= 15 is 0 Å². The van der Waals surface area contributed by atoms with Crippen LogP contribution >= 0.6 is 0 Å². The largest absolute Gasteiger partial charge is 0.354 e. The second kappa shape index (κ2) is 9.54. The highest BCUT2D eigenvalue weighted by atomic mass is 16.1. The highest BCUT2D eigenvalue weighted by Crippen LogP contribution is 2.24. The van der Waals surface area contributed by atoms with E-state index in [-0.39, 0.29) is 5.91 Å². The SMILES string of the molecule is Cc1ccc(CCCC(=O)NCC(c2ccccc2)N2CCCC2)cc1. The predicted molar refractivity (Wildman–Crippen MR) is 107 cm³/mol. The minimum Gasteiger partial charge on any atom is -0.354 e. The summed E-state index contributed by atoms with van der Waals surface area (Å²) in [7, 11) is 0. The van der Waals surface area contributed by atoms with Crippen LogP contribution in [0.4, 0.5) is 0 Å². The second-order valence-electron chi connectivity index (χ2n) is 7.31. The average molecular weight is 351 g/mol. The van der Waals surface area contributed by atoms with Gasteiger partial charge < -0.3 is 5.32 Å². The molecule has 3 rings (SSSR count). The third-order valence-corrected chi connectivity index (χ3v) is 5.25. The van der Waals surface area contributed by atoms with Gasteiger partial charge in [-0.05, 0) is 56.8 Å².